The van der Waals surface area contributed by atoms with Crippen LogP contribution < -0.4 is 10.7 Å². The van der Waals surface area contributed by atoms with E-state index in [1.807, 2.05) is 4.90 Å². The first-order valence-electron chi connectivity index (χ1n) is 8.36. The second kappa shape index (κ2) is 7.32. The molecular formula is C16H16N8O3. The van der Waals surface area contributed by atoms with E-state index in [1.54, 1.807) is 29.4 Å². The summed E-state index contributed by atoms with van der Waals surface area (Å²) in [4.78, 5) is 44.8. The zero-order chi connectivity index (χ0) is 18.6. The van der Waals surface area contributed by atoms with E-state index in [0.717, 1.165) is 4.57 Å². The van der Waals surface area contributed by atoms with Crippen LogP contribution in [0.5, 0.6) is 0 Å². The first kappa shape index (κ1) is 16.8. The van der Waals surface area contributed by atoms with E-state index in [9.17, 15) is 9.59 Å². The maximum atomic E-state index is 12.7. The summed E-state index contributed by atoms with van der Waals surface area (Å²) < 4.78 is 5.84. The third-order valence-electron chi connectivity index (χ3n) is 4.21. The van der Waals surface area contributed by atoms with E-state index in [0.29, 0.717) is 32.1 Å². The number of anilines is 1. The second-order valence-corrected chi connectivity index (χ2v) is 5.85. The van der Waals surface area contributed by atoms with Gasteiger partial charge in [0, 0.05) is 51.0 Å². The normalized spacial score (nSPS) is 14.4. The van der Waals surface area contributed by atoms with E-state index >= 15 is 0 Å². The Hall–Kier alpha value is -3.63. The van der Waals surface area contributed by atoms with Crippen molar-refractivity contribution >= 4 is 11.9 Å². The van der Waals surface area contributed by atoms with Crippen molar-refractivity contribution in [1.29, 1.82) is 0 Å². The predicted molar refractivity (Wildman–Crippen MR) is 92.6 cm³/mol. The molecule has 27 heavy (non-hydrogen) atoms. The van der Waals surface area contributed by atoms with Gasteiger partial charge < -0.3 is 9.80 Å². The van der Waals surface area contributed by atoms with Crippen LogP contribution in [0.15, 0.2) is 46.2 Å². The molecule has 4 rings (SSSR count). The monoisotopic (exact) mass is 368 g/mol. The molecule has 11 nitrogen and oxygen atoms in total. The number of rotatable bonds is 4. The van der Waals surface area contributed by atoms with Gasteiger partial charge in [-0.25, -0.2) is 29.3 Å². The molecule has 0 saturated carbocycles. The lowest BCUT2D eigenvalue weighted by Crippen LogP contribution is -2.50. The van der Waals surface area contributed by atoms with Gasteiger partial charge in [0.25, 0.3) is 0 Å². The fourth-order valence-electron chi connectivity index (χ4n) is 2.83. The molecule has 1 aliphatic heterocycles. The SMILES string of the molecule is O=C(Cn1c(-c2ncccn2)noc1=O)N1CCN(c2ncccn2)CC1. The van der Waals surface area contributed by atoms with Crippen molar-refractivity contribution in [3.05, 3.63) is 47.5 Å². The number of amides is 1. The molecule has 1 aliphatic rings. The van der Waals surface area contributed by atoms with Crippen LogP contribution in [0.3, 0.4) is 0 Å². The van der Waals surface area contributed by atoms with Crippen LogP contribution in [0.2, 0.25) is 0 Å². The highest BCUT2D eigenvalue weighted by atomic mass is 16.5. The van der Waals surface area contributed by atoms with Crippen LogP contribution in [0.4, 0.5) is 5.95 Å². The minimum atomic E-state index is -0.720. The van der Waals surface area contributed by atoms with Crippen LogP contribution >= 0.6 is 0 Å². The molecule has 0 spiro atoms. The molecule has 3 aromatic rings. The Kier molecular flexibility index (Phi) is 4.56. The molecular weight excluding hydrogens is 352 g/mol. The maximum absolute atomic E-state index is 12.7. The molecule has 11 heteroatoms. The molecule has 1 saturated heterocycles. The first-order chi connectivity index (χ1) is 13.2. The lowest BCUT2D eigenvalue weighted by molar-refractivity contribution is -0.132. The molecule has 0 radical (unpaired) electrons. The Balaban J connectivity index is 1.44. The third-order valence-corrected chi connectivity index (χ3v) is 4.21. The van der Waals surface area contributed by atoms with Crippen LogP contribution in [0, 0.1) is 0 Å². The summed E-state index contributed by atoms with van der Waals surface area (Å²) in [5.74, 6) is 0.0732. The number of piperazine rings is 1. The van der Waals surface area contributed by atoms with Crippen LogP contribution in [0.1, 0.15) is 0 Å². The minimum absolute atomic E-state index is 0.130. The van der Waals surface area contributed by atoms with Crippen LogP contribution in [-0.2, 0) is 11.3 Å². The Bertz CT molecular complexity index is 964. The van der Waals surface area contributed by atoms with Crippen molar-refractivity contribution in [2.24, 2.45) is 0 Å². The van der Waals surface area contributed by atoms with Crippen LogP contribution in [-0.4, -0.2) is 66.6 Å². The quantitative estimate of drug-likeness (QED) is 0.595. The molecule has 138 valence electrons. The highest BCUT2D eigenvalue weighted by Crippen LogP contribution is 2.12. The molecule has 0 aliphatic carbocycles. The minimum Gasteiger partial charge on any atom is -0.338 e. The Morgan fingerprint density at radius 3 is 2.26 bits per heavy atom. The Morgan fingerprint density at radius 2 is 1.59 bits per heavy atom. The standard InChI is InChI=1S/C16H16N8O3/c25-12(22-7-9-23(10-8-22)15-19-5-2-6-20-15)11-24-14(21-27-16(24)26)13-17-3-1-4-18-13/h1-6H,7-11H2. The van der Waals surface area contributed by atoms with Gasteiger partial charge in [0.2, 0.25) is 17.7 Å². The number of hydrogen-bond donors (Lipinski definition) is 0. The van der Waals surface area contributed by atoms with Crippen molar-refractivity contribution in [3.63, 3.8) is 0 Å². The van der Waals surface area contributed by atoms with E-state index < -0.39 is 5.76 Å². The average molecular weight is 368 g/mol. The fraction of sp³-hybridized carbons (Fsp3) is 0.312. The van der Waals surface area contributed by atoms with Gasteiger partial charge in [0.1, 0.15) is 6.54 Å². The van der Waals surface area contributed by atoms with Crippen molar-refractivity contribution in [3.8, 4) is 11.6 Å². The van der Waals surface area contributed by atoms with E-state index in [-0.39, 0.29) is 24.1 Å². The van der Waals surface area contributed by atoms with Crippen molar-refractivity contribution in [2.45, 2.75) is 6.54 Å². The first-order valence-corrected chi connectivity index (χ1v) is 8.36. The molecule has 1 fully saturated rings. The number of hydrogen-bond acceptors (Lipinski definition) is 9. The van der Waals surface area contributed by atoms with Crippen molar-refractivity contribution in [1.82, 2.24) is 34.6 Å². The molecule has 0 N–H and O–H groups in total. The summed E-state index contributed by atoms with van der Waals surface area (Å²) in [6.45, 7) is 2.06. The number of carbonyl (C=O) groups is 1. The molecule has 0 bridgehead atoms. The zero-order valence-electron chi connectivity index (χ0n) is 14.3. The summed E-state index contributed by atoms with van der Waals surface area (Å²) in [5, 5.41) is 3.69. The highest BCUT2D eigenvalue weighted by Gasteiger charge is 2.25. The average Bonchev–Trinajstić information content (AvgIpc) is 3.09. The molecule has 0 aromatic carbocycles. The predicted octanol–water partition coefficient (Wildman–Crippen LogP) is -0.568. The summed E-state index contributed by atoms with van der Waals surface area (Å²) in [6, 6.07) is 3.40. The maximum Gasteiger partial charge on any atom is 0.442 e. The largest absolute Gasteiger partial charge is 0.442 e. The topological polar surface area (TPSA) is 123 Å². The molecule has 0 atom stereocenters. The van der Waals surface area contributed by atoms with E-state index in [4.69, 9.17) is 4.52 Å². The van der Waals surface area contributed by atoms with Gasteiger partial charge in [-0.15, -0.1) is 0 Å². The smallest absolute Gasteiger partial charge is 0.338 e. The lowest BCUT2D eigenvalue weighted by Gasteiger charge is -2.34. The zero-order valence-corrected chi connectivity index (χ0v) is 14.3. The number of aromatic nitrogens is 6. The molecule has 1 amide bonds. The van der Waals surface area contributed by atoms with Gasteiger partial charge in [0.05, 0.1) is 0 Å². The summed E-state index contributed by atoms with van der Waals surface area (Å²) in [5.41, 5.74) is 0. The fourth-order valence-corrected chi connectivity index (χ4v) is 2.83. The van der Waals surface area contributed by atoms with Gasteiger partial charge >= 0.3 is 5.76 Å². The molecule has 3 aromatic heterocycles. The Morgan fingerprint density at radius 1 is 0.963 bits per heavy atom. The summed E-state index contributed by atoms with van der Waals surface area (Å²) in [7, 11) is 0. The Labute approximate surface area is 153 Å². The number of nitrogens with zero attached hydrogens (tertiary/aromatic N) is 8. The summed E-state index contributed by atoms with van der Waals surface area (Å²) >= 11 is 0. The van der Waals surface area contributed by atoms with E-state index in [2.05, 4.69) is 25.1 Å². The van der Waals surface area contributed by atoms with Gasteiger partial charge in [-0.2, -0.15) is 0 Å². The summed E-state index contributed by atoms with van der Waals surface area (Å²) in [6.07, 6.45) is 6.42. The van der Waals surface area contributed by atoms with Gasteiger partial charge in [-0.05, 0) is 12.1 Å². The van der Waals surface area contributed by atoms with Gasteiger partial charge in [-0.3, -0.25) is 9.32 Å². The number of carbonyl (C=O) groups excluding carboxylic acids is 1. The lowest BCUT2D eigenvalue weighted by atomic mass is 10.3. The van der Waals surface area contributed by atoms with E-state index in [1.165, 1.54) is 12.4 Å². The van der Waals surface area contributed by atoms with Gasteiger partial charge in [0.15, 0.2) is 5.82 Å². The van der Waals surface area contributed by atoms with Crippen molar-refractivity contribution < 1.29 is 9.32 Å². The van der Waals surface area contributed by atoms with Crippen molar-refractivity contribution in [2.75, 3.05) is 31.1 Å². The van der Waals surface area contributed by atoms with Gasteiger partial charge in [-0.1, -0.05) is 5.16 Å². The molecule has 4 heterocycles. The third kappa shape index (κ3) is 3.52. The van der Waals surface area contributed by atoms with Crippen LogP contribution in [0.25, 0.3) is 11.6 Å². The molecule has 0 unspecified atom stereocenters. The highest BCUT2D eigenvalue weighted by molar-refractivity contribution is 5.76. The second-order valence-electron chi connectivity index (χ2n) is 5.85.